The zero-order chi connectivity index (χ0) is 13.2. The van der Waals surface area contributed by atoms with E-state index in [0.717, 1.165) is 0 Å². The molecule has 1 rings (SSSR count). The maximum atomic E-state index is 12.4. The lowest BCUT2D eigenvalue weighted by Gasteiger charge is -2.13. The summed E-state index contributed by atoms with van der Waals surface area (Å²) < 4.78 is 63.9. The van der Waals surface area contributed by atoms with Crippen molar-refractivity contribution in [1.29, 1.82) is 0 Å². The Balaban J connectivity index is 3.32. The lowest BCUT2D eigenvalue weighted by Crippen LogP contribution is -2.20. The number of carbonyl (C=O) groups is 1. The molecule has 0 amide bonds. The van der Waals surface area contributed by atoms with E-state index in [9.17, 15) is 26.7 Å². The van der Waals surface area contributed by atoms with E-state index in [4.69, 9.17) is 0 Å². The molecule has 0 spiro atoms. The number of aromatic nitrogens is 1. The highest BCUT2D eigenvalue weighted by atomic mass is 127. The van der Waals surface area contributed by atoms with Crippen LogP contribution in [0.25, 0.3) is 0 Å². The van der Waals surface area contributed by atoms with Crippen LogP contribution < -0.4 is 4.74 Å². The highest BCUT2D eigenvalue weighted by molar-refractivity contribution is 14.1. The molecule has 0 unspecified atom stereocenters. The standard InChI is InChI=1S/C8H3F5INO2/c9-7(10)3-1-15-4(2-16)6(5(3)14)17-8(11,12)13/h1-2,7H. The number of rotatable bonds is 3. The topological polar surface area (TPSA) is 39.2 Å². The molecule has 9 heteroatoms. The number of ether oxygens (including phenoxy) is 1. The summed E-state index contributed by atoms with van der Waals surface area (Å²) in [5.74, 6) is -1.01. The van der Waals surface area contributed by atoms with Crippen molar-refractivity contribution in [2.75, 3.05) is 0 Å². The molecule has 1 aromatic heterocycles. The van der Waals surface area contributed by atoms with Crippen LogP contribution in [0.15, 0.2) is 6.20 Å². The second-order valence-corrected chi connectivity index (χ2v) is 3.79. The first-order valence-corrected chi connectivity index (χ1v) is 5.01. The molecule has 0 saturated heterocycles. The Hall–Kier alpha value is -1.00. The summed E-state index contributed by atoms with van der Waals surface area (Å²) in [6.07, 6.45) is -7.46. The molecular weight excluding hydrogens is 364 g/mol. The van der Waals surface area contributed by atoms with Gasteiger partial charge in [-0.3, -0.25) is 4.79 Å². The lowest BCUT2D eigenvalue weighted by molar-refractivity contribution is -0.275. The first-order chi connectivity index (χ1) is 7.76. The van der Waals surface area contributed by atoms with Crippen LogP contribution in [0.2, 0.25) is 0 Å². The molecule has 0 fully saturated rings. The van der Waals surface area contributed by atoms with Crippen LogP contribution in [0.1, 0.15) is 22.5 Å². The molecule has 0 atom stereocenters. The van der Waals surface area contributed by atoms with Crippen molar-refractivity contribution in [3.8, 4) is 5.75 Å². The maximum absolute atomic E-state index is 12.4. The SMILES string of the molecule is O=Cc1ncc(C(F)F)c(I)c1OC(F)(F)F. The quantitative estimate of drug-likeness (QED) is 0.468. The largest absolute Gasteiger partial charge is 0.573 e. The van der Waals surface area contributed by atoms with Crippen molar-refractivity contribution in [1.82, 2.24) is 4.98 Å². The fourth-order valence-electron chi connectivity index (χ4n) is 0.947. The van der Waals surface area contributed by atoms with E-state index in [-0.39, 0.29) is 6.29 Å². The molecule has 0 bridgehead atoms. The monoisotopic (exact) mass is 367 g/mol. The van der Waals surface area contributed by atoms with E-state index in [1.54, 1.807) is 0 Å². The molecule has 3 nitrogen and oxygen atoms in total. The number of hydrogen-bond acceptors (Lipinski definition) is 3. The smallest absolute Gasteiger partial charge is 0.402 e. The number of pyridine rings is 1. The first kappa shape index (κ1) is 14.1. The summed E-state index contributed by atoms with van der Waals surface area (Å²) in [4.78, 5) is 13.6. The average molecular weight is 367 g/mol. The van der Waals surface area contributed by atoms with E-state index in [1.165, 1.54) is 22.6 Å². The molecule has 17 heavy (non-hydrogen) atoms. The van der Waals surface area contributed by atoms with Gasteiger partial charge < -0.3 is 4.74 Å². The summed E-state index contributed by atoms with van der Waals surface area (Å²) >= 11 is 1.24. The Bertz CT molecular complexity index is 435. The van der Waals surface area contributed by atoms with Crippen LogP contribution in [0, 0.1) is 3.57 Å². The van der Waals surface area contributed by atoms with E-state index >= 15 is 0 Å². The summed E-state index contributed by atoms with van der Waals surface area (Å²) in [6.45, 7) is 0. The zero-order valence-electron chi connectivity index (χ0n) is 7.76. The van der Waals surface area contributed by atoms with Gasteiger partial charge in [0.25, 0.3) is 6.43 Å². The number of carbonyl (C=O) groups excluding carboxylic acids is 1. The molecule has 0 aromatic carbocycles. The summed E-state index contributed by atoms with van der Waals surface area (Å²) in [5.41, 5.74) is -1.41. The molecule has 1 heterocycles. The number of aldehydes is 1. The Morgan fingerprint density at radius 3 is 2.41 bits per heavy atom. The highest BCUT2D eigenvalue weighted by Gasteiger charge is 2.34. The fourth-order valence-corrected chi connectivity index (χ4v) is 1.71. The molecule has 1 aromatic rings. The number of alkyl halides is 5. The Labute approximate surface area is 105 Å². The minimum atomic E-state index is -5.08. The van der Waals surface area contributed by atoms with Gasteiger partial charge in [0.05, 0.1) is 9.13 Å². The third-order valence-electron chi connectivity index (χ3n) is 1.59. The Morgan fingerprint density at radius 2 is 2.00 bits per heavy atom. The Morgan fingerprint density at radius 1 is 1.41 bits per heavy atom. The van der Waals surface area contributed by atoms with E-state index < -0.39 is 33.4 Å². The Kier molecular flexibility index (Phi) is 4.22. The van der Waals surface area contributed by atoms with Crippen LogP contribution in [-0.4, -0.2) is 17.6 Å². The van der Waals surface area contributed by atoms with Crippen molar-refractivity contribution < 1.29 is 31.5 Å². The first-order valence-electron chi connectivity index (χ1n) is 3.93. The normalized spacial score (nSPS) is 11.7. The number of nitrogens with zero attached hydrogens (tertiary/aromatic N) is 1. The molecule has 0 saturated carbocycles. The van der Waals surface area contributed by atoms with Crippen LogP contribution >= 0.6 is 22.6 Å². The lowest BCUT2D eigenvalue weighted by atomic mass is 10.2. The van der Waals surface area contributed by atoms with E-state index in [0.29, 0.717) is 6.20 Å². The number of halogens is 6. The van der Waals surface area contributed by atoms with Crippen LogP contribution in [0.5, 0.6) is 5.75 Å². The van der Waals surface area contributed by atoms with Gasteiger partial charge in [0, 0.05) is 6.20 Å². The van der Waals surface area contributed by atoms with Gasteiger partial charge >= 0.3 is 6.36 Å². The molecule has 94 valence electrons. The van der Waals surface area contributed by atoms with Gasteiger partial charge in [0.1, 0.15) is 5.69 Å². The van der Waals surface area contributed by atoms with E-state index in [2.05, 4.69) is 9.72 Å². The van der Waals surface area contributed by atoms with Crippen molar-refractivity contribution in [3.63, 3.8) is 0 Å². The van der Waals surface area contributed by atoms with Gasteiger partial charge in [0.15, 0.2) is 12.0 Å². The van der Waals surface area contributed by atoms with Gasteiger partial charge in [-0.15, -0.1) is 13.2 Å². The molecular formula is C8H3F5INO2. The fraction of sp³-hybridized carbons (Fsp3) is 0.250. The minimum absolute atomic E-state index is 0.00150. The maximum Gasteiger partial charge on any atom is 0.573 e. The second kappa shape index (κ2) is 5.10. The van der Waals surface area contributed by atoms with Gasteiger partial charge in [0.2, 0.25) is 0 Å². The van der Waals surface area contributed by atoms with Crippen LogP contribution in [-0.2, 0) is 0 Å². The average Bonchev–Trinajstić information content (AvgIpc) is 2.18. The number of hydrogen-bond donors (Lipinski definition) is 0. The predicted molar refractivity (Wildman–Crippen MR) is 54.0 cm³/mol. The van der Waals surface area contributed by atoms with Crippen molar-refractivity contribution in [3.05, 3.63) is 21.0 Å². The molecule has 0 N–H and O–H groups in total. The summed E-state index contributed by atoms with van der Waals surface area (Å²) in [6, 6.07) is 0. The zero-order valence-corrected chi connectivity index (χ0v) is 9.92. The predicted octanol–water partition coefficient (Wildman–Crippen LogP) is 3.33. The summed E-state index contributed by atoms with van der Waals surface area (Å²) in [7, 11) is 0. The molecule has 0 aliphatic carbocycles. The van der Waals surface area contributed by atoms with Crippen molar-refractivity contribution in [2.45, 2.75) is 12.8 Å². The molecule has 0 radical (unpaired) electrons. The van der Waals surface area contributed by atoms with E-state index in [1.807, 2.05) is 0 Å². The van der Waals surface area contributed by atoms with Crippen LogP contribution in [0.3, 0.4) is 0 Å². The highest BCUT2D eigenvalue weighted by Crippen LogP contribution is 2.35. The van der Waals surface area contributed by atoms with Crippen molar-refractivity contribution in [2.24, 2.45) is 0 Å². The third kappa shape index (κ3) is 3.48. The molecule has 0 aliphatic rings. The van der Waals surface area contributed by atoms with Gasteiger partial charge in [-0.1, -0.05) is 0 Å². The second-order valence-electron chi connectivity index (χ2n) is 2.71. The van der Waals surface area contributed by atoms with Crippen molar-refractivity contribution >= 4 is 28.9 Å². The van der Waals surface area contributed by atoms with Crippen LogP contribution in [0.4, 0.5) is 22.0 Å². The summed E-state index contributed by atoms with van der Waals surface area (Å²) in [5, 5.41) is 0. The van der Waals surface area contributed by atoms with Gasteiger partial charge in [-0.05, 0) is 22.6 Å². The van der Waals surface area contributed by atoms with Gasteiger partial charge in [-0.2, -0.15) is 0 Å². The molecule has 0 aliphatic heterocycles. The van der Waals surface area contributed by atoms with Gasteiger partial charge in [-0.25, -0.2) is 13.8 Å². The third-order valence-corrected chi connectivity index (χ3v) is 2.71. The minimum Gasteiger partial charge on any atom is -0.402 e.